The van der Waals surface area contributed by atoms with Crippen molar-refractivity contribution < 1.29 is 18.7 Å². The second kappa shape index (κ2) is 7.59. The van der Waals surface area contributed by atoms with Crippen LogP contribution >= 0.6 is 0 Å². The second-order valence-electron chi connectivity index (χ2n) is 5.08. The van der Waals surface area contributed by atoms with Gasteiger partial charge in [-0.15, -0.1) is 0 Å². The van der Waals surface area contributed by atoms with Gasteiger partial charge in [0, 0.05) is 19.1 Å². The molecule has 0 unspecified atom stereocenters. The quantitative estimate of drug-likeness (QED) is 0.869. The number of nitrogens with one attached hydrogen (secondary N) is 1. The molecule has 1 heterocycles. The van der Waals surface area contributed by atoms with E-state index < -0.39 is 11.9 Å². The largest absolute Gasteiger partial charge is 0.445 e. The molecule has 0 spiro atoms. The van der Waals surface area contributed by atoms with Gasteiger partial charge in [0.25, 0.3) is 5.91 Å². The van der Waals surface area contributed by atoms with Crippen molar-refractivity contribution in [1.82, 2.24) is 10.2 Å². The molecular weight excluding hydrogens is 287 g/mol. The molecule has 0 atom stereocenters. The van der Waals surface area contributed by atoms with E-state index in [2.05, 4.69) is 11.9 Å². The van der Waals surface area contributed by atoms with Crippen LogP contribution in [0.25, 0.3) is 0 Å². The van der Waals surface area contributed by atoms with Gasteiger partial charge in [0.05, 0.1) is 5.56 Å². The van der Waals surface area contributed by atoms with Crippen LogP contribution in [0.2, 0.25) is 0 Å². The van der Waals surface area contributed by atoms with E-state index in [9.17, 15) is 14.0 Å². The van der Waals surface area contributed by atoms with Crippen LogP contribution in [0.5, 0.6) is 0 Å². The van der Waals surface area contributed by atoms with E-state index in [0.29, 0.717) is 25.9 Å². The van der Waals surface area contributed by atoms with Gasteiger partial charge < -0.3 is 15.0 Å². The number of piperidine rings is 1. The van der Waals surface area contributed by atoms with E-state index >= 15 is 0 Å². The number of benzene rings is 1. The number of hydrogen-bond donors (Lipinski definition) is 1. The molecule has 0 saturated carbocycles. The number of alkyl carbamates (subject to hydrolysis) is 1. The maximum Gasteiger partial charge on any atom is 0.407 e. The summed E-state index contributed by atoms with van der Waals surface area (Å²) >= 11 is 0. The van der Waals surface area contributed by atoms with Crippen LogP contribution in [0.4, 0.5) is 9.18 Å². The van der Waals surface area contributed by atoms with E-state index in [1.807, 2.05) is 0 Å². The monoisotopic (exact) mass is 306 g/mol. The molecule has 1 aromatic rings. The van der Waals surface area contributed by atoms with Crippen LogP contribution in [0.15, 0.2) is 36.9 Å². The van der Waals surface area contributed by atoms with Gasteiger partial charge in [-0.2, -0.15) is 0 Å². The number of hydrogen-bond acceptors (Lipinski definition) is 3. The number of amides is 2. The highest BCUT2D eigenvalue weighted by molar-refractivity contribution is 5.94. The lowest BCUT2D eigenvalue weighted by atomic mass is 10.0. The van der Waals surface area contributed by atoms with E-state index in [0.717, 1.165) is 0 Å². The van der Waals surface area contributed by atoms with E-state index in [1.165, 1.54) is 18.2 Å². The zero-order valence-corrected chi connectivity index (χ0v) is 12.3. The summed E-state index contributed by atoms with van der Waals surface area (Å²) in [5.41, 5.74) is 0.0827. The lowest BCUT2D eigenvalue weighted by Crippen LogP contribution is -2.46. The van der Waals surface area contributed by atoms with Crippen molar-refractivity contribution >= 4 is 12.0 Å². The zero-order valence-electron chi connectivity index (χ0n) is 12.3. The minimum atomic E-state index is -0.513. The molecule has 5 nitrogen and oxygen atoms in total. The summed E-state index contributed by atoms with van der Waals surface area (Å²) in [6.07, 6.45) is 2.24. The molecule has 0 aliphatic carbocycles. The van der Waals surface area contributed by atoms with Crippen LogP contribution in [0, 0.1) is 5.82 Å². The fourth-order valence-electron chi connectivity index (χ4n) is 2.37. The first-order valence-electron chi connectivity index (χ1n) is 7.20. The van der Waals surface area contributed by atoms with Crippen LogP contribution in [0.1, 0.15) is 23.2 Å². The first-order chi connectivity index (χ1) is 10.6. The highest BCUT2D eigenvalue weighted by atomic mass is 19.1. The van der Waals surface area contributed by atoms with Crippen LogP contribution in [-0.4, -0.2) is 42.6 Å². The highest BCUT2D eigenvalue weighted by Crippen LogP contribution is 2.16. The first kappa shape index (κ1) is 16.0. The third-order valence-electron chi connectivity index (χ3n) is 3.54. The predicted octanol–water partition coefficient (Wildman–Crippen LogP) is 2.34. The van der Waals surface area contributed by atoms with Crippen molar-refractivity contribution in [3.05, 3.63) is 48.3 Å². The van der Waals surface area contributed by atoms with Gasteiger partial charge >= 0.3 is 6.09 Å². The molecule has 1 fully saturated rings. The minimum absolute atomic E-state index is 0.0398. The molecule has 0 radical (unpaired) electrons. The number of halogens is 1. The van der Waals surface area contributed by atoms with Gasteiger partial charge in [-0.05, 0) is 25.0 Å². The lowest BCUT2D eigenvalue weighted by Gasteiger charge is -2.32. The molecule has 2 rings (SSSR count). The molecule has 1 aromatic carbocycles. The number of likely N-dealkylation sites (tertiary alicyclic amines) is 1. The van der Waals surface area contributed by atoms with Crippen molar-refractivity contribution in [2.24, 2.45) is 0 Å². The molecule has 1 N–H and O–H groups in total. The second-order valence-corrected chi connectivity index (χ2v) is 5.08. The van der Waals surface area contributed by atoms with Crippen molar-refractivity contribution in [2.45, 2.75) is 18.9 Å². The van der Waals surface area contributed by atoms with Crippen molar-refractivity contribution in [3.8, 4) is 0 Å². The third-order valence-corrected chi connectivity index (χ3v) is 3.54. The van der Waals surface area contributed by atoms with Crippen LogP contribution < -0.4 is 5.32 Å². The Balaban J connectivity index is 1.84. The van der Waals surface area contributed by atoms with Gasteiger partial charge in [-0.1, -0.05) is 24.8 Å². The van der Waals surface area contributed by atoms with Gasteiger partial charge in [0.2, 0.25) is 0 Å². The Morgan fingerprint density at radius 1 is 1.36 bits per heavy atom. The Kier molecular flexibility index (Phi) is 5.52. The molecule has 0 aromatic heterocycles. The van der Waals surface area contributed by atoms with Gasteiger partial charge in [-0.25, -0.2) is 9.18 Å². The number of carbonyl (C=O) groups excluding carboxylic acids is 2. The number of rotatable bonds is 4. The first-order valence-corrected chi connectivity index (χ1v) is 7.20. The summed E-state index contributed by atoms with van der Waals surface area (Å²) in [4.78, 5) is 25.3. The molecule has 1 aliphatic rings. The molecule has 1 aliphatic heterocycles. The molecule has 22 heavy (non-hydrogen) atoms. The minimum Gasteiger partial charge on any atom is -0.445 e. The molecule has 1 saturated heterocycles. The zero-order chi connectivity index (χ0) is 15.9. The Labute approximate surface area is 128 Å². The summed E-state index contributed by atoms with van der Waals surface area (Å²) in [5, 5.41) is 2.74. The SMILES string of the molecule is C=CCOC(=O)NC1CCN(C(=O)c2ccccc2F)CC1. The fourth-order valence-corrected chi connectivity index (χ4v) is 2.37. The Bertz CT molecular complexity index is 554. The average molecular weight is 306 g/mol. The topological polar surface area (TPSA) is 58.6 Å². The van der Waals surface area contributed by atoms with Crippen LogP contribution in [0.3, 0.4) is 0 Å². The summed E-state index contributed by atoms with van der Waals surface area (Å²) in [5.74, 6) is -0.827. The maximum atomic E-state index is 13.6. The van der Waals surface area contributed by atoms with Gasteiger partial charge in [0.15, 0.2) is 0 Å². The summed E-state index contributed by atoms with van der Waals surface area (Å²) in [6.45, 7) is 4.57. The van der Waals surface area contributed by atoms with E-state index in [1.54, 1.807) is 17.0 Å². The van der Waals surface area contributed by atoms with Crippen molar-refractivity contribution in [2.75, 3.05) is 19.7 Å². The Morgan fingerprint density at radius 3 is 2.68 bits per heavy atom. The van der Waals surface area contributed by atoms with E-state index in [-0.39, 0.29) is 24.1 Å². The molecular formula is C16H19FN2O3. The van der Waals surface area contributed by atoms with Crippen molar-refractivity contribution in [3.63, 3.8) is 0 Å². The van der Waals surface area contributed by atoms with Gasteiger partial charge in [-0.3, -0.25) is 4.79 Å². The number of ether oxygens (including phenoxy) is 1. The van der Waals surface area contributed by atoms with Crippen LogP contribution in [-0.2, 0) is 4.74 Å². The number of carbonyl (C=O) groups is 2. The molecule has 118 valence electrons. The smallest absolute Gasteiger partial charge is 0.407 e. The average Bonchev–Trinajstić information content (AvgIpc) is 2.53. The normalized spacial score (nSPS) is 15.2. The third kappa shape index (κ3) is 4.07. The predicted molar refractivity (Wildman–Crippen MR) is 80.0 cm³/mol. The Hall–Kier alpha value is -2.37. The standard InChI is InChI=1S/C16H19FN2O3/c1-2-11-22-16(21)18-12-7-9-19(10-8-12)15(20)13-5-3-4-6-14(13)17/h2-6,12H,1,7-11H2,(H,18,21). The lowest BCUT2D eigenvalue weighted by molar-refractivity contribution is 0.0698. The molecule has 2 amide bonds. The number of nitrogens with zero attached hydrogens (tertiary/aromatic N) is 1. The molecule has 0 bridgehead atoms. The Morgan fingerprint density at radius 2 is 2.05 bits per heavy atom. The van der Waals surface area contributed by atoms with Gasteiger partial charge in [0.1, 0.15) is 12.4 Å². The maximum absolute atomic E-state index is 13.6. The van der Waals surface area contributed by atoms with Crippen molar-refractivity contribution in [1.29, 1.82) is 0 Å². The van der Waals surface area contributed by atoms with E-state index in [4.69, 9.17) is 4.74 Å². The summed E-state index contributed by atoms with van der Waals surface area (Å²) in [7, 11) is 0. The summed E-state index contributed by atoms with van der Waals surface area (Å²) in [6, 6.07) is 5.91. The fraction of sp³-hybridized carbons (Fsp3) is 0.375. The molecule has 6 heteroatoms. The highest BCUT2D eigenvalue weighted by Gasteiger charge is 2.26. The summed E-state index contributed by atoms with van der Waals surface area (Å²) < 4.78 is 18.5.